The Labute approximate surface area is 96.2 Å². The summed E-state index contributed by atoms with van der Waals surface area (Å²) in [4.78, 5) is 13.9. The molecule has 1 heterocycles. The van der Waals surface area contributed by atoms with Crippen molar-refractivity contribution in [1.82, 2.24) is 14.7 Å². The molecule has 0 N–H and O–H groups in total. The highest BCUT2D eigenvalue weighted by Gasteiger charge is 2.26. The van der Waals surface area contributed by atoms with E-state index in [-0.39, 0.29) is 5.91 Å². The summed E-state index contributed by atoms with van der Waals surface area (Å²) in [5, 5.41) is 4.30. The van der Waals surface area contributed by atoms with Crippen LogP contribution in [0.25, 0.3) is 0 Å². The zero-order valence-corrected chi connectivity index (χ0v) is 10.2. The molecule has 16 heavy (non-hydrogen) atoms. The van der Waals surface area contributed by atoms with E-state index in [0.29, 0.717) is 5.69 Å². The van der Waals surface area contributed by atoms with Crippen LogP contribution >= 0.6 is 0 Å². The predicted molar refractivity (Wildman–Crippen MR) is 62.3 cm³/mol. The number of hydrogen-bond donors (Lipinski definition) is 0. The monoisotopic (exact) mass is 221 g/mol. The number of amides is 1. The molecule has 1 aromatic rings. The summed E-state index contributed by atoms with van der Waals surface area (Å²) < 4.78 is 1.69. The van der Waals surface area contributed by atoms with E-state index in [9.17, 15) is 4.79 Å². The lowest BCUT2D eigenvalue weighted by molar-refractivity contribution is 0.0778. The summed E-state index contributed by atoms with van der Waals surface area (Å²) in [7, 11) is 3.70. The summed E-state index contributed by atoms with van der Waals surface area (Å²) in [6, 6.07) is 1.89. The number of nitrogens with zero attached hydrogens (tertiary/aromatic N) is 3. The molecule has 1 aliphatic carbocycles. The molecule has 1 saturated carbocycles. The number of rotatable bonds is 4. The van der Waals surface area contributed by atoms with Crippen molar-refractivity contribution >= 4 is 5.91 Å². The minimum Gasteiger partial charge on any atom is -0.340 e. The van der Waals surface area contributed by atoms with E-state index in [1.165, 1.54) is 12.8 Å². The maximum Gasteiger partial charge on any atom is 0.271 e. The van der Waals surface area contributed by atoms with Gasteiger partial charge in [0.05, 0.1) is 5.69 Å². The summed E-state index contributed by atoms with van der Waals surface area (Å²) >= 11 is 0. The van der Waals surface area contributed by atoms with Crippen LogP contribution in [-0.4, -0.2) is 34.2 Å². The second-order valence-electron chi connectivity index (χ2n) is 4.63. The van der Waals surface area contributed by atoms with Gasteiger partial charge in [-0.15, -0.1) is 0 Å². The maximum atomic E-state index is 12.1. The SMILES string of the molecule is CCc1cc(C(=O)N(C)CC2CC2)n(C)n1. The van der Waals surface area contributed by atoms with Crippen LogP contribution in [0.4, 0.5) is 0 Å². The standard InChI is InChI=1S/C12H19N3O/c1-4-10-7-11(15(3)13-10)12(16)14(2)8-9-5-6-9/h7,9H,4-6,8H2,1-3H3. The first kappa shape index (κ1) is 11.2. The Kier molecular flexibility index (Phi) is 2.99. The van der Waals surface area contributed by atoms with Crippen molar-refractivity contribution in [3.63, 3.8) is 0 Å². The van der Waals surface area contributed by atoms with Crippen molar-refractivity contribution in [1.29, 1.82) is 0 Å². The van der Waals surface area contributed by atoms with E-state index in [2.05, 4.69) is 5.10 Å². The van der Waals surface area contributed by atoms with Gasteiger partial charge in [0.1, 0.15) is 5.69 Å². The van der Waals surface area contributed by atoms with Gasteiger partial charge in [0.25, 0.3) is 5.91 Å². The first-order chi connectivity index (χ1) is 7.61. The van der Waals surface area contributed by atoms with Crippen molar-refractivity contribution in [3.8, 4) is 0 Å². The van der Waals surface area contributed by atoms with E-state index in [1.807, 2.05) is 32.0 Å². The molecule has 0 saturated heterocycles. The molecule has 1 aromatic heterocycles. The van der Waals surface area contributed by atoms with Crippen LogP contribution in [0.1, 0.15) is 35.9 Å². The lowest BCUT2D eigenvalue weighted by atomic mass is 10.2. The third-order valence-corrected chi connectivity index (χ3v) is 3.09. The highest BCUT2D eigenvalue weighted by atomic mass is 16.2. The lowest BCUT2D eigenvalue weighted by Gasteiger charge is -2.16. The van der Waals surface area contributed by atoms with Gasteiger partial charge in [0, 0.05) is 20.6 Å². The molecule has 0 aliphatic heterocycles. The molecule has 0 bridgehead atoms. The normalized spacial score (nSPS) is 15.2. The molecular formula is C12H19N3O. The first-order valence-electron chi connectivity index (χ1n) is 5.90. The van der Waals surface area contributed by atoms with E-state index in [0.717, 1.165) is 24.6 Å². The highest BCUT2D eigenvalue weighted by molar-refractivity contribution is 5.92. The third kappa shape index (κ3) is 2.26. The average molecular weight is 221 g/mol. The fourth-order valence-corrected chi connectivity index (χ4v) is 1.87. The fourth-order valence-electron chi connectivity index (χ4n) is 1.87. The number of carbonyl (C=O) groups is 1. The Bertz CT molecular complexity index is 393. The molecule has 0 unspecified atom stereocenters. The first-order valence-corrected chi connectivity index (χ1v) is 5.90. The van der Waals surface area contributed by atoms with Crippen LogP contribution in [0, 0.1) is 5.92 Å². The number of aromatic nitrogens is 2. The predicted octanol–water partition coefficient (Wildman–Crippen LogP) is 1.46. The molecule has 0 atom stereocenters. The number of aryl methyl sites for hydroxylation is 2. The van der Waals surface area contributed by atoms with Gasteiger partial charge < -0.3 is 4.90 Å². The molecule has 1 fully saturated rings. The number of hydrogen-bond acceptors (Lipinski definition) is 2. The van der Waals surface area contributed by atoms with Crippen LogP contribution in [0.15, 0.2) is 6.07 Å². The van der Waals surface area contributed by atoms with Crippen molar-refractivity contribution < 1.29 is 4.79 Å². The smallest absolute Gasteiger partial charge is 0.271 e. The zero-order chi connectivity index (χ0) is 11.7. The number of carbonyl (C=O) groups excluding carboxylic acids is 1. The lowest BCUT2D eigenvalue weighted by Crippen LogP contribution is -2.30. The summed E-state index contributed by atoms with van der Waals surface area (Å²) in [6.45, 7) is 2.93. The van der Waals surface area contributed by atoms with Crippen molar-refractivity contribution in [3.05, 3.63) is 17.5 Å². The molecular weight excluding hydrogens is 202 g/mol. The molecule has 0 aromatic carbocycles. The molecule has 4 nitrogen and oxygen atoms in total. The van der Waals surface area contributed by atoms with E-state index >= 15 is 0 Å². The van der Waals surface area contributed by atoms with Gasteiger partial charge in [-0.2, -0.15) is 5.10 Å². The minimum absolute atomic E-state index is 0.0848. The van der Waals surface area contributed by atoms with Crippen LogP contribution < -0.4 is 0 Å². The third-order valence-electron chi connectivity index (χ3n) is 3.09. The maximum absolute atomic E-state index is 12.1. The second kappa shape index (κ2) is 4.28. The Balaban J connectivity index is 2.08. The van der Waals surface area contributed by atoms with Gasteiger partial charge in [0.2, 0.25) is 0 Å². The van der Waals surface area contributed by atoms with Crippen molar-refractivity contribution in [2.75, 3.05) is 13.6 Å². The van der Waals surface area contributed by atoms with Crippen molar-refractivity contribution in [2.45, 2.75) is 26.2 Å². The van der Waals surface area contributed by atoms with Gasteiger partial charge >= 0.3 is 0 Å². The Morgan fingerprint density at radius 1 is 1.62 bits per heavy atom. The fraction of sp³-hybridized carbons (Fsp3) is 0.667. The van der Waals surface area contributed by atoms with Gasteiger partial charge in [-0.25, -0.2) is 0 Å². The Morgan fingerprint density at radius 3 is 2.81 bits per heavy atom. The molecule has 0 spiro atoms. The van der Waals surface area contributed by atoms with Crippen LogP contribution in [-0.2, 0) is 13.5 Å². The van der Waals surface area contributed by atoms with Crippen LogP contribution in [0.3, 0.4) is 0 Å². The second-order valence-corrected chi connectivity index (χ2v) is 4.63. The van der Waals surface area contributed by atoms with Gasteiger partial charge in [0.15, 0.2) is 0 Å². The molecule has 1 amide bonds. The van der Waals surface area contributed by atoms with Gasteiger partial charge in [-0.3, -0.25) is 9.48 Å². The highest BCUT2D eigenvalue weighted by Crippen LogP contribution is 2.29. The van der Waals surface area contributed by atoms with Crippen LogP contribution in [0.2, 0.25) is 0 Å². The summed E-state index contributed by atoms with van der Waals surface area (Å²) in [6.07, 6.45) is 3.40. The molecule has 2 rings (SSSR count). The Hall–Kier alpha value is -1.32. The minimum atomic E-state index is 0.0848. The molecule has 0 radical (unpaired) electrons. The summed E-state index contributed by atoms with van der Waals surface area (Å²) in [5.41, 5.74) is 1.67. The van der Waals surface area contributed by atoms with E-state index in [4.69, 9.17) is 0 Å². The van der Waals surface area contributed by atoms with Gasteiger partial charge in [-0.05, 0) is 31.2 Å². The van der Waals surface area contributed by atoms with Crippen LogP contribution in [0.5, 0.6) is 0 Å². The zero-order valence-electron chi connectivity index (χ0n) is 10.2. The average Bonchev–Trinajstić information content (AvgIpc) is 2.99. The largest absolute Gasteiger partial charge is 0.340 e. The molecule has 88 valence electrons. The molecule has 1 aliphatic rings. The van der Waals surface area contributed by atoms with Gasteiger partial charge in [-0.1, -0.05) is 6.92 Å². The Morgan fingerprint density at radius 2 is 2.31 bits per heavy atom. The van der Waals surface area contributed by atoms with E-state index in [1.54, 1.807) is 4.68 Å². The quantitative estimate of drug-likeness (QED) is 0.772. The van der Waals surface area contributed by atoms with E-state index < -0.39 is 0 Å². The van der Waals surface area contributed by atoms with Crippen molar-refractivity contribution in [2.24, 2.45) is 13.0 Å². The molecule has 4 heteroatoms. The summed E-state index contributed by atoms with van der Waals surface area (Å²) in [5.74, 6) is 0.814. The topological polar surface area (TPSA) is 38.1 Å².